The smallest absolute Gasteiger partial charge is 0.251 e. The summed E-state index contributed by atoms with van der Waals surface area (Å²) in [6, 6.07) is 2.43. The van der Waals surface area contributed by atoms with Gasteiger partial charge in [0.15, 0.2) is 0 Å². The summed E-state index contributed by atoms with van der Waals surface area (Å²) < 4.78 is 0. The van der Waals surface area contributed by atoms with Gasteiger partial charge in [0.2, 0.25) is 0 Å². The summed E-state index contributed by atoms with van der Waals surface area (Å²) in [5.41, 5.74) is 1.09. The first-order valence-electron chi connectivity index (χ1n) is 5.68. The maximum Gasteiger partial charge on any atom is 0.251 e. The molecule has 0 saturated heterocycles. The molecule has 0 fully saturated rings. The first kappa shape index (κ1) is 14.9. The second-order valence-corrected chi connectivity index (χ2v) is 4.68. The van der Waals surface area contributed by atoms with Gasteiger partial charge >= 0.3 is 0 Å². The van der Waals surface area contributed by atoms with Gasteiger partial charge in [-0.05, 0) is 18.1 Å². The molecule has 0 atom stereocenters. The van der Waals surface area contributed by atoms with Crippen molar-refractivity contribution in [3.63, 3.8) is 0 Å². The lowest BCUT2D eigenvalue weighted by Crippen LogP contribution is -2.40. The first-order chi connectivity index (χ1) is 8.47. The predicted octanol–water partition coefficient (Wildman–Crippen LogP) is 0.941. The number of amides is 1. The second-order valence-electron chi connectivity index (χ2n) is 4.29. The highest BCUT2D eigenvalue weighted by atomic mass is 35.5. The fraction of sp³-hybridized carbons (Fsp3) is 0.500. The van der Waals surface area contributed by atoms with E-state index in [4.69, 9.17) is 21.8 Å². The Bertz CT molecular complexity index is 420. The molecule has 0 aliphatic rings. The molecule has 5 nitrogen and oxygen atoms in total. The van der Waals surface area contributed by atoms with Gasteiger partial charge in [-0.15, -0.1) is 0 Å². The molecule has 0 aliphatic carbocycles. The zero-order valence-corrected chi connectivity index (χ0v) is 11.1. The van der Waals surface area contributed by atoms with Crippen LogP contribution in [0, 0.1) is 0 Å². The van der Waals surface area contributed by atoms with Gasteiger partial charge < -0.3 is 15.5 Å². The van der Waals surface area contributed by atoms with E-state index in [1.165, 1.54) is 6.07 Å². The number of aromatic nitrogens is 1. The molecule has 1 heterocycles. The molecule has 1 amide bonds. The molecule has 0 spiro atoms. The van der Waals surface area contributed by atoms with Crippen molar-refractivity contribution < 1.29 is 15.0 Å². The molecular formula is C12H17ClN2O3. The van der Waals surface area contributed by atoms with Crippen molar-refractivity contribution in [1.82, 2.24) is 10.3 Å². The summed E-state index contributed by atoms with van der Waals surface area (Å²) in [6.07, 6.45) is 0. The van der Waals surface area contributed by atoms with Crippen molar-refractivity contribution in [2.24, 2.45) is 0 Å². The van der Waals surface area contributed by atoms with E-state index in [1.54, 1.807) is 6.07 Å². The Morgan fingerprint density at radius 3 is 2.50 bits per heavy atom. The van der Waals surface area contributed by atoms with Crippen molar-refractivity contribution in [1.29, 1.82) is 0 Å². The fourth-order valence-electron chi connectivity index (χ4n) is 1.36. The van der Waals surface area contributed by atoms with E-state index >= 15 is 0 Å². The van der Waals surface area contributed by atoms with Crippen LogP contribution in [0.15, 0.2) is 12.1 Å². The van der Waals surface area contributed by atoms with Crippen LogP contribution in [0.4, 0.5) is 0 Å². The molecule has 100 valence electrons. The molecule has 0 unspecified atom stereocenters. The van der Waals surface area contributed by atoms with Crippen LogP contribution in [0.1, 0.15) is 35.8 Å². The normalized spacial score (nSPS) is 11.1. The van der Waals surface area contributed by atoms with Crippen LogP contribution in [0.2, 0.25) is 5.15 Å². The van der Waals surface area contributed by atoms with Crippen molar-refractivity contribution in [3.8, 4) is 0 Å². The number of carbonyl (C=O) groups excluding carboxylic acids is 1. The number of pyridine rings is 1. The molecule has 6 heteroatoms. The number of halogens is 1. The van der Waals surface area contributed by atoms with Gasteiger partial charge in [0.05, 0.1) is 19.3 Å². The summed E-state index contributed by atoms with van der Waals surface area (Å²) in [5.74, 6) is -0.240. The van der Waals surface area contributed by atoms with Crippen molar-refractivity contribution in [2.45, 2.75) is 25.8 Å². The van der Waals surface area contributed by atoms with Gasteiger partial charge in [-0.3, -0.25) is 4.79 Å². The quantitative estimate of drug-likeness (QED) is 0.697. The second kappa shape index (κ2) is 6.68. The lowest BCUT2D eigenvalue weighted by molar-refractivity contribution is 0.0879. The molecule has 0 radical (unpaired) electrons. The van der Waals surface area contributed by atoms with E-state index in [1.807, 2.05) is 13.8 Å². The number of hydrogen-bond acceptors (Lipinski definition) is 4. The van der Waals surface area contributed by atoms with Crippen molar-refractivity contribution in [3.05, 3.63) is 28.5 Å². The van der Waals surface area contributed by atoms with Crippen LogP contribution in [0.25, 0.3) is 0 Å². The van der Waals surface area contributed by atoms with E-state index in [9.17, 15) is 4.79 Å². The number of carbonyl (C=O) groups is 1. The molecule has 1 rings (SSSR count). The van der Waals surface area contributed by atoms with Crippen LogP contribution in [-0.4, -0.2) is 40.4 Å². The number of nitrogens with zero attached hydrogens (tertiary/aromatic N) is 1. The number of nitrogens with one attached hydrogen (secondary N) is 1. The molecule has 0 aromatic carbocycles. The van der Waals surface area contributed by atoms with Gasteiger partial charge in [0.25, 0.3) is 5.91 Å². The van der Waals surface area contributed by atoms with Crippen molar-refractivity contribution >= 4 is 17.5 Å². The van der Waals surface area contributed by atoms with Crippen LogP contribution >= 0.6 is 11.6 Å². The van der Waals surface area contributed by atoms with Crippen molar-refractivity contribution in [2.75, 3.05) is 13.2 Å². The summed E-state index contributed by atoms with van der Waals surface area (Å²) in [7, 11) is 0. The zero-order valence-electron chi connectivity index (χ0n) is 10.4. The Kier molecular flexibility index (Phi) is 5.53. The molecule has 3 N–H and O–H groups in total. The third-order valence-electron chi connectivity index (χ3n) is 2.44. The summed E-state index contributed by atoms with van der Waals surface area (Å²) >= 11 is 5.85. The molecule has 18 heavy (non-hydrogen) atoms. The number of aliphatic hydroxyl groups is 2. The number of aliphatic hydroxyl groups excluding tert-OH is 2. The maximum atomic E-state index is 11.9. The van der Waals surface area contributed by atoms with Gasteiger partial charge in [-0.1, -0.05) is 25.4 Å². The van der Waals surface area contributed by atoms with Crippen LogP contribution in [0.5, 0.6) is 0 Å². The maximum absolute atomic E-state index is 11.9. The third-order valence-corrected chi connectivity index (χ3v) is 2.64. The zero-order chi connectivity index (χ0) is 13.7. The number of rotatable bonds is 5. The SMILES string of the molecule is CC(C)c1cc(C(=O)NC(CO)CO)cc(Cl)n1. The van der Waals surface area contributed by atoms with Gasteiger partial charge in [0.1, 0.15) is 5.15 Å². The topological polar surface area (TPSA) is 82.5 Å². The highest BCUT2D eigenvalue weighted by Gasteiger charge is 2.14. The minimum absolute atomic E-state index is 0.154. The van der Waals surface area contributed by atoms with E-state index < -0.39 is 11.9 Å². The molecular weight excluding hydrogens is 256 g/mol. The monoisotopic (exact) mass is 272 g/mol. The molecule has 0 bridgehead atoms. The molecule has 0 aliphatic heterocycles. The van der Waals surface area contributed by atoms with E-state index in [0.717, 1.165) is 5.69 Å². The third kappa shape index (κ3) is 3.94. The predicted molar refractivity (Wildman–Crippen MR) is 68.8 cm³/mol. The highest BCUT2D eigenvalue weighted by molar-refractivity contribution is 6.29. The Morgan fingerprint density at radius 2 is 2.00 bits per heavy atom. The Hall–Kier alpha value is -1.17. The van der Waals surface area contributed by atoms with Crippen LogP contribution in [-0.2, 0) is 0 Å². The van der Waals surface area contributed by atoms with E-state index in [-0.39, 0.29) is 24.3 Å². The highest BCUT2D eigenvalue weighted by Crippen LogP contribution is 2.17. The molecule has 1 aromatic rings. The lowest BCUT2D eigenvalue weighted by Gasteiger charge is -2.14. The summed E-state index contributed by atoms with van der Waals surface area (Å²) in [6.45, 7) is 3.26. The molecule has 0 saturated carbocycles. The standard InChI is InChI=1S/C12H17ClN2O3/c1-7(2)10-3-8(4-11(13)15-10)12(18)14-9(5-16)6-17/h3-4,7,9,16-17H,5-6H2,1-2H3,(H,14,18). The largest absolute Gasteiger partial charge is 0.394 e. The minimum Gasteiger partial charge on any atom is -0.394 e. The van der Waals surface area contributed by atoms with Gasteiger partial charge in [0, 0.05) is 11.3 Å². The lowest BCUT2D eigenvalue weighted by atomic mass is 10.1. The Morgan fingerprint density at radius 1 is 1.39 bits per heavy atom. The van der Waals surface area contributed by atoms with Crippen LogP contribution in [0.3, 0.4) is 0 Å². The van der Waals surface area contributed by atoms with Gasteiger partial charge in [-0.25, -0.2) is 4.98 Å². The van der Waals surface area contributed by atoms with E-state index in [0.29, 0.717) is 5.56 Å². The van der Waals surface area contributed by atoms with Gasteiger partial charge in [-0.2, -0.15) is 0 Å². The first-order valence-corrected chi connectivity index (χ1v) is 6.05. The summed E-state index contributed by atoms with van der Waals surface area (Å²) in [5, 5.41) is 20.6. The average Bonchev–Trinajstić information content (AvgIpc) is 2.34. The Balaban J connectivity index is 2.91. The number of hydrogen-bond donors (Lipinski definition) is 3. The van der Waals surface area contributed by atoms with E-state index in [2.05, 4.69) is 10.3 Å². The summed E-state index contributed by atoms with van der Waals surface area (Å²) in [4.78, 5) is 16.0. The fourth-order valence-corrected chi connectivity index (χ4v) is 1.58. The minimum atomic E-state index is -0.674. The van der Waals surface area contributed by atoms with Crippen LogP contribution < -0.4 is 5.32 Å². The molecule has 1 aromatic heterocycles. The average molecular weight is 273 g/mol. The Labute approximate surface area is 111 Å².